The van der Waals surface area contributed by atoms with Crippen molar-refractivity contribution in [2.75, 3.05) is 13.2 Å². The molecule has 1 rings (SSSR count). The number of carbonyl (C=O) groups is 1. The number of carbonyl (C=O) groups excluding carboxylic acids is 1. The second kappa shape index (κ2) is 5.60. The predicted molar refractivity (Wildman–Crippen MR) is 53.9 cm³/mol. The van der Waals surface area contributed by atoms with Gasteiger partial charge in [-0.15, -0.1) is 6.58 Å². The zero-order valence-corrected chi connectivity index (χ0v) is 8.49. The lowest BCUT2D eigenvalue weighted by molar-refractivity contribution is -0.138. The highest BCUT2D eigenvalue weighted by Crippen LogP contribution is 2.16. The molecule has 0 aromatic rings. The Labute approximate surface area is 84.4 Å². The van der Waals surface area contributed by atoms with Gasteiger partial charge < -0.3 is 9.47 Å². The molecule has 0 radical (unpaired) electrons. The molecule has 0 aromatic heterocycles. The predicted octanol–water partition coefficient (Wildman–Crippen LogP) is 1.84. The molecule has 0 amide bonds. The Morgan fingerprint density at radius 1 is 1.71 bits per heavy atom. The van der Waals surface area contributed by atoms with Crippen LogP contribution in [0, 0.1) is 0 Å². The molecule has 0 saturated carbocycles. The van der Waals surface area contributed by atoms with E-state index in [2.05, 4.69) is 6.58 Å². The first-order chi connectivity index (χ1) is 6.77. The van der Waals surface area contributed by atoms with Crippen LogP contribution in [-0.4, -0.2) is 25.3 Å². The first kappa shape index (κ1) is 11.0. The summed E-state index contributed by atoms with van der Waals surface area (Å²) >= 11 is 0. The molecule has 14 heavy (non-hydrogen) atoms. The maximum atomic E-state index is 11.4. The summed E-state index contributed by atoms with van der Waals surface area (Å²) in [5.41, 5.74) is 0.678. The lowest BCUT2D eigenvalue weighted by Crippen LogP contribution is -2.07. The van der Waals surface area contributed by atoms with Crippen LogP contribution in [0.25, 0.3) is 0 Å². The molecule has 3 nitrogen and oxygen atoms in total. The third kappa shape index (κ3) is 3.75. The average molecular weight is 196 g/mol. The summed E-state index contributed by atoms with van der Waals surface area (Å²) in [4.78, 5) is 11.4. The summed E-state index contributed by atoms with van der Waals surface area (Å²) in [5, 5.41) is 0. The summed E-state index contributed by atoms with van der Waals surface area (Å²) in [5.74, 6) is -0.243. The molecule has 0 aliphatic carbocycles. The van der Waals surface area contributed by atoms with Gasteiger partial charge >= 0.3 is 5.97 Å². The average Bonchev–Trinajstić information content (AvgIpc) is 2.96. The van der Waals surface area contributed by atoms with Gasteiger partial charge in [-0.1, -0.05) is 12.2 Å². The van der Waals surface area contributed by atoms with Crippen molar-refractivity contribution in [3.8, 4) is 0 Å². The molecule has 1 unspecified atom stereocenters. The molecule has 1 aliphatic heterocycles. The van der Waals surface area contributed by atoms with E-state index in [0.29, 0.717) is 24.7 Å². The summed E-state index contributed by atoms with van der Waals surface area (Å²) in [6, 6.07) is 0. The molecule has 0 bridgehead atoms. The Balaban J connectivity index is 2.46. The quantitative estimate of drug-likeness (QED) is 0.281. The first-order valence-corrected chi connectivity index (χ1v) is 4.86. The van der Waals surface area contributed by atoms with E-state index in [1.54, 1.807) is 13.0 Å². The highest BCUT2D eigenvalue weighted by atomic mass is 16.6. The molecular formula is C11H16O3. The molecule has 1 aliphatic rings. The molecular weight excluding hydrogens is 180 g/mol. The number of epoxide rings is 1. The Morgan fingerprint density at radius 2 is 2.43 bits per heavy atom. The number of rotatable bonds is 6. The summed E-state index contributed by atoms with van der Waals surface area (Å²) in [6.45, 7) is 6.62. The zero-order chi connectivity index (χ0) is 10.4. The number of allylic oxidation sites excluding steroid dienone is 1. The molecule has 1 heterocycles. The van der Waals surface area contributed by atoms with Crippen molar-refractivity contribution in [3.63, 3.8) is 0 Å². The SMILES string of the molecule is C=CCC(=CCC1CO1)C(=O)OCC. The van der Waals surface area contributed by atoms with Crippen LogP contribution in [0.4, 0.5) is 0 Å². The summed E-state index contributed by atoms with van der Waals surface area (Å²) in [6.07, 6.45) is 5.26. The van der Waals surface area contributed by atoms with Gasteiger partial charge in [0, 0.05) is 5.57 Å². The van der Waals surface area contributed by atoms with Crippen molar-refractivity contribution in [2.45, 2.75) is 25.9 Å². The lowest BCUT2D eigenvalue weighted by Gasteiger charge is -2.03. The minimum atomic E-state index is -0.243. The van der Waals surface area contributed by atoms with Crippen molar-refractivity contribution in [1.29, 1.82) is 0 Å². The molecule has 0 aromatic carbocycles. The Morgan fingerprint density at radius 3 is 2.93 bits per heavy atom. The fourth-order valence-corrected chi connectivity index (χ4v) is 1.11. The molecule has 1 saturated heterocycles. The van der Waals surface area contributed by atoms with E-state index in [1.807, 2.05) is 6.08 Å². The second-order valence-corrected chi connectivity index (χ2v) is 3.13. The number of esters is 1. The molecule has 1 fully saturated rings. The Bertz CT molecular complexity index is 239. The van der Waals surface area contributed by atoms with E-state index in [9.17, 15) is 4.79 Å². The van der Waals surface area contributed by atoms with E-state index < -0.39 is 0 Å². The zero-order valence-electron chi connectivity index (χ0n) is 8.49. The van der Waals surface area contributed by atoms with Gasteiger partial charge in [0.05, 0.1) is 19.3 Å². The van der Waals surface area contributed by atoms with Gasteiger partial charge in [-0.05, 0) is 19.8 Å². The monoisotopic (exact) mass is 196 g/mol. The molecule has 3 heteroatoms. The van der Waals surface area contributed by atoms with Gasteiger partial charge in [0.1, 0.15) is 0 Å². The normalized spacial score (nSPS) is 20.4. The largest absolute Gasteiger partial charge is 0.463 e. The van der Waals surface area contributed by atoms with E-state index in [-0.39, 0.29) is 5.97 Å². The molecule has 78 valence electrons. The highest BCUT2D eigenvalue weighted by Gasteiger charge is 2.21. The number of hydrogen-bond acceptors (Lipinski definition) is 3. The van der Waals surface area contributed by atoms with E-state index in [1.165, 1.54) is 0 Å². The van der Waals surface area contributed by atoms with Crippen LogP contribution in [0.15, 0.2) is 24.3 Å². The van der Waals surface area contributed by atoms with Crippen molar-refractivity contribution in [3.05, 3.63) is 24.3 Å². The minimum Gasteiger partial charge on any atom is -0.463 e. The van der Waals surface area contributed by atoms with Crippen LogP contribution in [0.3, 0.4) is 0 Å². The van der Waals surface area contributed by atoms with Crippen molar-refractivity contribution in [2.24, 2.45) is 0 Å². The molecule has 0 spiro atoms. The van der Waals surface area contributed by atoms with Crippen LogP contribution in [0.2, 0.25) is 0 Å². The van der Waals surface area contributed by atoms with E-state index in [4.69, 9.17) is 9.47 Å². The number of ether oxygens (including phenoxy) is 2. The maximum Gasteiger partial charge on any atom is 0.333 e. The molecule has 0 N–H and O–H groups in total. The molecule has 1 atom stereocenters. The van der Waals surface area contributed by atoms with E-state index in [0.717, 1.165) is 13.0 Å². The van der Waals surface area contributed by atoms with Gasteiger partial charge in [-0.25, -0.2) is 4.79 Å². The maximum absolute atomic E-state index is 11.4. The van der Waals surface area contributed by atoms with Crippen LogP contribution < -0.4 is 0 Å². The van der Waals surface area contributed by atoms with Gasteiger partial charge in [0.15, 0.2) is 0 Å². The fourth-order valence-electron chi connectivity index (χ4n) is 1.11. The second-order valence-electron chi connectivity index (χ2n) is 3.13. The van der Waals surface area contributed by atoms with Gasteiger partial charge in [0.25, 0.3) is 0 Å². The van der Waals surface area contributed by atoms with Crippen molar-refractivity contribution >= 4 is 5.97 Å². The van der Waals surface area contributed by atoms with Crippen molar-refractivity contribution < 1.29 is 14.3 Å². The minimum absolute atomic E-state index is 0.243. The van der Waals surface area contributed by atoms with Crippen LogP contribution in [0.1, 0.15) is 19.8 Å². The van der Waals surface area contributed by atoms with E-state index >= 15 is 0 Å². The smallest absolute Gasteiger partial charge is 0.333 e. The van der Waals surface area contributed by atoms with Gasteiger partial charge in [0.2, 0.25) is 0 Å². The van der Waals surface area contributed by atoms with Crippen LogP contribution in [-0.2, 0) is 14.3 Å². The first-order valence-electron chi connectivity index (χ1n) is 4.86. The fraction of sp³-hybridized carbons (Fsp3) is 0.545. The number of hydrogen-bond donors (Lipinski definition) is 0. The van der Waals surface area contributed by atoms with Crippen LogP contribution >= 0.6 is 0 Å². The van der Waals surface area contributed by atoms with Crippen molar-refractivity contribution in [1.82, 2.24) is 0 Å². The Kier molecular flexibility index (Phi) is 4.40. The third-order valence-electron chi connectivity index (χ3n) is 1.93. The van der Waals surface area contributed by atoms with Gasteiger partial charge in [-0.2, -0.15) is 0 Å². The summed E-state index contributed by atoms with van der Waals surface area (Å²) in [7, 11) is 0. The van der Waals surface area contributed by atoms with Gasteiger partial charge in [-0.3, -0.25) is 0 Å². The highest BCUT2D eigenvalue weighted by molar-refractivity contribution is 5.88. The summed E-state index contributed by atoms with van der Waals surface area (Å²) < 4.78 is 9.97. The van der Waals surface area contributed by atoms with Crippen LogP contribution in [0.5, 0.6) is 0 Å². The lowest BCUT2D eigenvalue weighted by atomic mass is 10.1. The third-order valence-corrected chi connectivity index (χ3v) is 1.93. The standard InChI is InChI=1S/C11H16O3/c1-3-5-9(11(12)13-4-2)6-7-10-8-14-10/h3,6,10H,1,4-5,7-8H2,2H3. The Hall–Kier alpha value is -1.09. The topological polar surface area (TPSA) is 38.8 Å².